The van der Waals surface area contributed by atoms with Gasteiger partial charge in [0.15, 0.2) is 11.5 Å². The Bertz CT molecular complexity index is 506. The van der Waals surface area contributed by atoms with Gasteiger partial charge in [-0.3, -0.25) is 9.48 Å². The van der Waals surface area contributed by atoms with E-state index in [0.717, 1.165) is 25.8 Å². The number of methoxy groups -OCH3 is 1. The van der Waals surface area contributed by atoms with Crippen molar-refractivity contribution in [3.8, 4) is 5.75 Å². The molecule has 0 radical (unpaired) electrons. The first kappa shape index (κ1) is 16.0. The smallest absolute Gasteiger partial charge is 0.188 e. The normalized spacial score (nSPS) is 21.0. The SMILES string of the molecule is COc1cnn(CCN(C)C)c1C(=O)C1CCCC1(C)C. The number of likely N-dealkylation sites (N-methyl/N-ethyl adjacent to an activating group) is 1. The number of ether oxygens (including phenoxy) is 1. The highest BCUT2D eigenvalue weighted by Crippen LogP contribution is 2.44. The molecule has 0 aromatic carbocycles. The minimum absolute atomic E-state index is 0.0682. The van der Waals surface area contributed by atoms with Crippen molar-refractivity contribution < 1.29 is 9.53 Å². The third kappa shape index (κ3) is 3.28. The van der Waals surface area contributed by atoms with E-state index in [1.807, 2.05) is 14.1 Å². The van der Waals surface area contributed by atoms with Gasteiger partial charge >= 0.3 is 0 Å². The second-order valence-electron chi connectivity index (χ2n) is 6.89. The molecule has 2 rings (SSSR count). The Hall–Kier alpha value is -1.36. The third-order valence-electron chi connectivity index (χ3n) is 4.59. The van der Waals surface area contributed by atoms with Gasteiger partial charge in [-0.1, -0.05) is 20.3 Å². The molecule has 1 atom stereocenters. The molecule has 0 spiro atoms. The number of hydrogen-bond donors (Lipinski definition) is 0. The van der Waals surface area contributed by atoms with Gasteiger partial charge < -0.3 is 9.64 Å². The molecule has 0 amide bonds. The lowest BCUT2D eigenvalue weighted by Gasteiger charge is -2.26. The van der Waals surface area contributed by atoms with Gasteiger partial charge in [0.05, 0.1) is 19.9 Å². The van der Waals surface area contributed by atoms with Crippen molar-refractivity contribution >= 4 is 5.78 Å². The number of ketones is 1. The second kappa shape index (κ2) is 6.18. The molecule has 1 fully saturated rings. The van der Waals surface area contributed by atoms with Crippen molar-refractivity contribution in [2.45, 2.75) is 39.7 Å². The van der Waals surface area contributed by atoms with E-state index in [0.29, 0.717) is 18.0 Å². The number of carbonyl (C=O) groups is 1. The van der Waals surface area contributed by atoms with Gasteiger partial charge in [-0.2, -0.15) is 5.10 Å². The molecule has 0 aliphatic heterocycles. The summed E-state index contributed by atoms with van der Waals surface area (Å²) in [4.78, 5) is 15.1. The maximum atomic E-state index is 13.0. The molecule has 5 heteroatoms. The Balaban J connectivity index is 2.28. The molecule has 0 bridgehead atoms. The van der Waals surface area contributed by atoms with Crippen LogP contribution in [0.4, 0.5) is 0 Å². The highest BCUT2D eigenvalue weighted by atomic mass is 16.5. The number of Topliss-reactive ketones (excluding diaryl/α,β-unsaturated/α-hetero) is 1. The van der Waals surface area contributed by atoms with Crippen molar-refractivity contribution in [2.24, 2.45) is 11.3 Å². The number of rotatable bonds is 6. The molecule has 1 aromatic rings. The molecule has 1 heterocycles. The Morgan fingerprint density at radius 1 is 1.52 bits per heavy atom. The van der Waals surface area contributed by atoms with Crippen molar-refractivity contribution in [2.75, 3.05) is 27.7 Å². The summed E-state index contributed by atoms with van der Waals surface area (Å²) in [6.45, 7) is 5.93. The minimum Gasteiger partial charge on any atom is -0.493 e. The van der Waals surface area contributed by atoms with Crippen LogP contribution in [0, 0.1) is 11.3 Å². The summed E-state index contributed by atoms with van der Waals surface area (Å²) in [6.07, 6.45) is 4.85. The molecule has 0 saturated heterocycles. The number of nitrogens with zero attached hydrogens (tertiary/aromatic N) is 3. The summed E-state index contributed by atoms with van der Waals surface area (Å²) in [5.74, 6) is 0.855. The lowest BCUT2D eigenvalue weighted by Crippen LogP contribution is -2.29. The zero-order valence-electron chi connectivity index (χ0n) is 13.8. The second-order valence-corrected chi connectivity index (χ2v) is 6.89. The average molecular weight is 293 g/mol. The van der Waals surface area contributed by atoms with Gasteiger partial charge in [0.2, 0.25) is 0 Å². The van der Waals surface area contributed by atoms with Crippen molar-refractivity contribution in [1.29, 1.82) is 0 Å². The van der Waals surface area contributed by atoms with Gasteiger partial charge in [0.25, 0.3) is 0 Å². The molecule has 5 nitrogen and oxygen atoms in total. The van der Waals surface area contributed by atoms with Crippen LogP contribution in [0.25, 0.3) is 0 Å². The van der Waals surface area contributed by atoms with Gasteiger partial charge in [-0.25, -0.2) is 0 Å². The standard InChI is InChI=1S/C16H27N3O2/c1-16(2)8-6-7-12(16)15(20)14-13(21-5)11-17-19(14)10-9-18(3)4/h11-12H,6-10H2,1-5H3. The molecule has 1 aliphatic carbocycles. The fourth-order valence-electron chi connectivity index (χ4n) is 3.21. The summed E-state index contributed by atoms with van der Waals surface area (Å²) < 4.78 is 7.17. The lowest BCUT2D eigenvalue weighted by atomic mass is 9.78. The fourth-order valence-corrected chi connectivity index (χ4v) is 3.21. The highest BCUT2D eigenvalue weighted by molar-refractivity contribution is 5.99. The topological polar surface area (TPSA) is 47.4 Å². The molecule has 1 aromatic heterocycles. The van der Waals surface area contributed by atoms with E-state index < -0.39 is 0 Å². The van der Waals surface area contributed by atoms with E-state index in [-0.39, 0.29) is 17.1 Å². The van der Waals surface area contributed by atoms with Crippen LogP contribution in [0.3, 0.4) is 0 Å². The Kier molecular flexibility index (Phi) is 4.71. The summed E-state index contributed by atoms with van der Waals surface area (Å²) in [5, 5.41) is 4.34. The van der Waals surface area contributed by atoms with E-state index in [9.17, 15) is 4.79 Å². The summed E-state index contributed by atoms with van der Waals surface area (Å²) in [7, 11) is 5.63. The Morgan fingerprint density at radius 2 is 2.24 bits per heavy atom. The van der Waals surface area contributed by atoms with Gasteiger partial charge in [0, 0.05) is 12.5 Å². The predicted molar refractivity (Wildman–Crippen MR) is 82.8 cm³/mol. The maximum absolute atomic E-state index is 13.0. The van der Waals surface area contributed by atoms with Crippen molar-refractivity contribution in [3.05, 3.63) is 11.9 Å². The third-order valence-corrected chi connectivity index (χ3v) is 4.59. The average Bonchev–Trinajstić information content (AvgIpc) is 2.98. The molecular weight excluding hydrogens is 266 g/mol. The van der Waals surface area contributed by atoms with Crippen LogP contribution in [0.5, 0.6) is 5.75 Å². The van der Waals surface area contributed by atoms with E-state index in [1.165, 1.54) is 0 Å². The quantitative estimate of drug-likeness (QED) is 0.756. The zero-order valence-corrected chi connectivity index (χ0v) is 13.8. The van der Waals surface area contributed by atoms with Crippen LogP contribution in [0.1, 0.15) is 43.6 Å². The van der Waals surface area contributed by atoms with E-state index in [1.54, 1.807) is 18.0 Å². The highest BCUT2D eigenvalue weighted by Gasteiger charge is 2.41. The number of aromatic nitrogens is 2. The fraction of sp³-hybridized carbons (Fsp3) is 0.750. The van der Waals surface area contributed by atoms with Crippen LogP contribution in [0.2, 0.25) is 0 Å². The predicted octanol–water partition coefficient (Wildman–Crippen LogP) is 2.46. The van der Waals surface area contributed by atoms with E-state index in [4.69, 9.17) is 4.74 Å². The van der Waals surface area contributed by atoms with Crippen molar-refractivity contribution in [3.63, 3.8) is 0 Å². The molecule has 118 valence electrons. The van der Waals surface area contributed by atoms with Gasteiger partial charge in [0.1, 0.15) is 5.69 Å². The van der Waals surface area contributed by atoms with Gasteiger partial charge in [-0.05, 0) is 32.4 Å². The van der Waals surface area contributed by atoms with Gasteiger partial charge in [-0.15, -0.1) is 0 Å². The van der Waals surface area contributed by atoms with E-state index >= 15 is 0 Å². The van der Waals surface area contributed by atoms with Crippen LogP contribution >= 0.6 is 0 Å². The Morgan fingerprint density at radius 3 is 2.76 bits per heavy atom. The molecule has 1 saturated carbocycles. The largest absolute Gasteiger partial charge is 0.493 e. The summed E-state index contributed by atoms with van der Waals surface area (Å²) in [5.41, 5.74) is 0.706. The first-order chi connectivity index (χ1) is 9.86. The maximum Gasteiger partial charge on any atom is 0.188 e. The number of hydrogen-bond acceptors (Lipinski definition) is 4. The zero-order chi connectivity index (χ0) is 15.6. The summed E-state index contributed by atoms with van der Waals surface area (Å²) >= 11 is 0. The minimum atomic E-state index is 0.0682. The monoisotopic (exact) mass is 293 g/mol. The van der Waals surface area contributed by atoms with Crippen LogP contribution < -0.4 is 4.74 Å². The van der Waals surface area contributed by atoms with Crippen LogP contribution in [-0.4, -0.2) is 48.2 Å². The Labute approximate surface area is 127 Å². The van der Waals surface area contributed by atoms with Crippen LogP contribution in [0.15, 0.2) is 6.20 Å². The van der Waals surface area contributed by atoms with E-state index in [2.05, 4.69) is 23.8 Å². The first-order valence-corrected chi connectivity index (χ1v) is 7.65. The molecule has 0 N–H and O–H groups in total. The van der Waals surface area contributed by atoms with Crippen molar-refractivity contribution in [1.82, 2.24) is 14.7 Å². The lowest BCUT2D eigenvalue weighted by molar-refractivity contribution is 0.0823. The molecular formula is C16H27N3O2. The molecule has 21 heavy (non-hydrogen) atoms. The van der Waals surface area contributed by atoms with Crippen LogP contribution in [-0.2, 0) is 6.54 Å². The number of carbonyl (C=O) groups excluding carboxylic acids is 1. The first-order valence-electron chi connectivity index (χ1n) is 7.65. The molecule has 1 unspecified atom stereocenters. The summed E-state index contributed by atoms with van der Waals surface area (Å²) in [6, 6.07) is 0. The molecule has 1 aliphatic rings.